The van der Waals surface area contributed by atoms with E-state index in [0.717, 1.165) is 19.4 Å². The molecule has 0 aromatic rings. The first-order valence-corrected chi connectivity index (χ1v) is 8.23. The Labute approximate surface area is 126 Å². The summed E-state index contributed by atoms with van der Waals surface area (Å²) >= 11 is 0. The summed E-state index contributed by atoms with van der Waals surface area (Å²) in [5.74, 6) is -0.0231. The molecule has 21 heavy (non-hydrogen) atoms. The normalized spacial score (nSPS) is 29.0. The van der Waals surface area contributed by atoms with Crippen LogP contribution in [-0.2, 0) is 4.79 Å². The molecule has 1 atom stereocenters. The smallest absolute Gasteiger partial charge is 0.320 e. The van der Waals surface area contributed by atoms with Crippen molar-refractivity contribution in [2.24, 2.45) is 17.3 Å². The second-order valence-electron chi connectivity index (χ2n) is 7.40. The fourth-order valence-corrected chi connectivity index (χ4v) is 3.42. The van der Waals surface area contributed by atoms with Crippen molar-refractivity contribution >= 4 is 12.0 Å². The lowest BCUT2D eigenvalue weighted by Crippen LogP contribution is -2.47. The first-order valence-electron chi connectivity index (χ1n) is 8.23. The standard InChI is InChI=1S/C16H26N2O3/c1-11(2)16(14(19)20)7-8-17(10-16)15(21)18(13-5-6-13)9-12-3-4-12/h11-13H,3-10H2,1-2H3,(H,19,20). The van der Waals surface area contributed by atoms with Crippen LogP contribution in [0, 0.1) is 17.3 Å². The van der Waals surface area contributed by atoms with Crippen LogP contribution >= 0.6 is 0 Å². The van der Waals surface area contributed by atoms with Gasteiger partial charge in [-0.05, 0) is 43.9 Å². The van der Waals surface area contributed by atoms with Gasteiger partial charge >= 0.3 is 12.0 Å². The number of amides is 2. The Morgan fingerprint density at radius 3 is 2.38 bits per heavy atom. The molecule has 2 aliphatic carbocycles. The monoisotopic (exact) mass is 294 g/mol. The van der Waals surface area contributed by atoms with E-state index in [4.69, 9.17) is 0 Å². The molecule has 1 unspecified atom stereocenters. The molecule has 3 fully saturated rings. The van der Waals surface area contributed by atoms with Crippen molar-refractivity contribution in [3.05, 3.63) is 0 Å². The number of likely N-dealkylation sites (tertiary alicyclic amines) is 1. The molecule has 3 rings (SSSR count). The number of hydrogen-bond acceptors (Lipinski definition) is 2. The summed E-state index contributed by atoms with van der Waals surface area (Å²) < 4.78 is 0. The number of carboxylic acids is 1. The maximum Gasteiger partial charge on any atom is 0.320 e. The van der Waals surface area contributed by atoms with Crippen molar-refractivity contribution < 1.29 is 14.7 Å². The fourth-order valence-electron chi connectivity index (χ4n) is 3.42. The topological polar surface area (TPSA) is 60.9 Å². The van der Waals surface area contributed by atoms with Gasteiger partial charge in [-0.3, -0.25) is 4.79 Å². The summed E-state index contributed by atoms with van der Waals surface area (Å²) in [6, 6.07) is 0.491. The molecular weight excluding hydrogens is 268 g/mol. The summed E-state index contributed by atoms with van der Waals surface area (Å²) in [4.78, 5) is 28.3. The summed E-state index contributed by atoms with van der Waals surface area (Å²) in [5.41, 5.74) is -0.759. The van der Waals surface area contributed by atoms with Crippen LogP contribution in [0.4, 0.5) is 4.79 Å². The average Bonchev–Trinajstić information content (AvgIpc) is 3.33. The third-order valence-corrected chi connectivity index (χ3v) is 5.49. The Morgan fingerprint density at radius 2 is 1.95 bits per heavy atom. The molecule has 1 saturated heterocycles. The molecule has 5 nitrogen and oxygen atoms in total. The summed E-state index contributed by atoms with van der Waals surface area (Å²) in [7, 11) is 0. The SMILES string of the molecule is CC(C)C1(C(=O)O)CCN(C(=O)N(CC2CC2)C2CC2)C1. The van der Waals surface area contributed by atoms with E-state index < -0.39 is 11.4 Å². The zero-order chi connectivity index (χ0) is 15.2. The number of rotatable bonds is 5. The van der Waals surface area contributed by atoms with Gasteiger partial charge in [0.05, 0.1) is 5.41 Å². The van der Waals surface area contributed by atoms with Gasteiger partial charge in [0.2, 0.25) is 0 Å². The van der Waals surface area contributed by atoms with Gasteiger partial charge in [-0.2, -0.15) is 0 Å². The zero-order valence-corrected chi connectivity index (χ0v) is 13.0. The first-order chi connectivity index (χ1) is 9.94. The van der Waals surface area contributed by atoms with E-state index in [9.17, 15) is 14.7 Å². The molecule has 5 heteroatoms. The van der Waals surface area contributed by atoms with Crippen molar-refractivity contribution in [2.45, 2.75) is 52.0 Å². The molecule has 0 radical (unpaired) electrons. The minimum atomic E-state index is -0.759. The quantitative estimate of drug-likeness (QED) is 0.847. The molecular formula is C16H26N2O3. The molecule has 3 aliphatic rings. The number of urea groups is 1. The molecule has 1 heterocycles. The lowest BCUT2D eigenvalue weighted by atomic mass is 9.76. The Balaban J connectivity index is 1.68. The largest absolute Gasteiger partial charge is 0.481 e. The molecule has 1 N–H and O–H groups in total. The van der Waals surface area contributed by atoms with Crippen molar-refractivity contribution in [3.63, 3.8) is 0 Å². The highest BCUT2D eigenvalue weighted by atomic mass is 16.4. The first kappa shape index (κ1) is 14.7. The average molecular weight is 294 g/mol. The molecule has 2 amide bonds. The molecule has 0 bridgehead atoms. The van der Waals surface area contributed by atoms with E-state index in [0.29, 0.717) is 31.5 Å². The van der Waals surface area contributed by atoms with Gasteiger partial charge in [-0.25, -0.2) is 4.79 Å². The summed E-state index contributed by atoms with van der Waals surface area (Å²) in [6.45, 7) is 5.72. The van der Waals surface area contributed by atoms with Crippen LogP contribution in [0.2, 0.25) is 0 Å². The van der Waals surface area contributed by atoms with Crippen molar-refractivity contribution in [3.8, 4) is 0 Å². The number of hydrogen-bond donors (Lipinski definition) is 1. The molecule has 0 aromatic heterocycles. The highest BCUT2D eigenvalue weighted by Gasteiger charge is 2.50. The van der Waals surface area contributed by atoms with Crippen LogP contribution in [0.25, 0.3) is 0 Å². The van der Waals surface area contributed by atoms with Gasteiger partial charge in [0, 0.05) is 25.7 Å². The number of nitrogens with zero attached hydrogens (tertiary/aromatic N) is 2. The van der Waals surface area contributed by atoms with Crippen LogP contribution in [-0.4, -0.2) is 52.6 Å². The second kappa shape index (κ2) is 5.18. The van der Waals surface area contributed by atoms with Crippen LogP contribution in [0.1, 0.15) is 46.0 Å². The van der Waals surface area contributed by atoms with E-state index in [1.165, 1.54) is 12.8 Å². The highest BCUT2D eigenvalue weighted by Crippen LogP contribution is 2.40. The van der Waals surface area contributed by atoms with Gasteiger partial charge in [-0.1, -0.05) is 13.8 Å². The fraction of sp³-hybridized carbons (Fsp3) is 0.875. The van der Waals surface area contributed by atoms with Crippen molar-refractivity contribution in [2.75, 3.05) is 19.6 Å². The van der Waals surface area contributed by atoms with Crippen molar-refractivity contribution in [1.82, 2.24) is 9.80 Å². The van der Waals surface area contributed by atoms with Gasteiger partial charge in [-0.15, -0.1) is 0 Å². The third-order valence-electron chi connectivity index (χ3n) is 5.49. The number of aliphatic carboxylic acids is 1. The lowest BCUT2D eigenvalue weighted by molar-refractivity contribution is -0.150. The number of carbonyl (C=O) groups excluding carboxylic acids is 1. The van der Waals surface area contributed by atoms with E-state index in [2.05, 4.69) is 0 Å². The van der Waals surface area contributed by atoms with Crippen LogP contribution in [0.5, 0.6) is 0 Å². The second-order valence-corrected chi connectivity index (χ2v) is 7.40. The summed E-state index contributed by atoms with van der Waals surface area (Å²) in [5, 5.41) is 9.60. The number of carboxylic acid groups (broad SMARTS) is 1. The Bertz CT molecular complexity index is 443. The van der Waals surface area contributed by atoms with Gasteiger partial charge in [0.15, 0.2) is 0 Å². The Kier molecular flexibility index (Phi) is 3.62. The zero-order valence-electron chi connectivity index (χ0n) is 13.0. The van der Waals surface area contributed by atoms with E-state index in [1.54, 1.807) is 4.90 Å². The minimum Gasteiger partial charge on any atom is -0.481 e. The number of carbonyl (C=O) groups is 2. The molecule has 2 saturated carbocycles. The van der Waals surface area contributed by atoms with Crippen LogP contribution in [0.3, 0.4) is 0 Å². The maximum absolute atomic E-state index is 12.8. The van der Waals surface area contributed by atoms with Crippen LogP contribution < -0.4 is 0 Å². The molecule has 118 valence electrons. The van der Waals surface area contributed by atoms with Crippen molar-refractivity contribution in [1.29, 1.82) is 0 Å². The van der Waals surface area contributed by atoms with E-state index in [-0.39, 0.29) is 11.9 Å². The van der Waals surface area contributed by atoms with Gasteiger partial charge in [0.1, 0.15) is 0 Å². The predicted octanol–water partition coefficient (Wildman–Crippen LogP) is 2.41. The molecule has 0 aromatic carbocycles. The Hall–Kier alpha value is -1.26. The predicted molar refractivity (Wildman–Crippen MR) is 78.9 cm³/mol. The summed E-state index contributed by atoms with van der Waals surface area (Å²) in [6.07, 6.45) is 5.28. The van der Waals surface area contributed by atoms with Gasteiger partial charge < -0.3 is 14.9 Å². The van der Waals surface area contributed by atoms with Gasteiger partial charge in [0.25, 0.3) is 0 Å². The third kappa shape index (κ3) is 2.74. The lowest BCUT2D eigenvalue weighted by Gasteiger charge is -2.31. The van der Waals surface area contributed by atoms with E-state index >= 15 is 0 Å². The Morgan fingerprint density at radius 1 is 1.29 bits per heavy atom. The maximum atomic E-state index is 12.8. The minimum absolute atomic E-state index is 0.0469. The van der Waals surface area contributed by atoms with E-state index in [1.807, 2.05) is 18.7 Å². The highest BCUT2D eigenvalue weighted by molar-refractivity contribution is 5.80. The molecule has 0 spiro atoms. The van der Waals surface area contributed by atoms with Crippen LogP contribution in [0.15, 0.2) is 0 Å². The molecule has 1 aliphatic heterocycles.